The first kappa shape index (κ1) is 20.9. The summed E-state index contributed by atoms with van der Waals surface area (Å²) in [5.74, 6) is -0.365. The summed E-state index contributed by atoms with van der Waals surface area (Å²) in [6.45, 7) is 0.543. The van der Waals surface area contributed by atoms with Gasteiger partial charge in [0, 0.05) is 0 Å². The van der Waals surface area contributed by atoms with Crippen molar-refractivity contribution >= 4 is 12.1 Å². The lowest BCUT2D eigenvalue weighted by molar-refractivity contribution is -0.137. The van der Waals surface area contributed by atoms with Crippen molar-refractivity contribution in [1.82, 2.24) is 5.32 Å². The van der Waals surface area contributed by atoms with Gasteiger partial charge < -0.3 is 19.9 Å². The van der Waals surface area contributed by atoms with Crippen LogP contribution in [0.5, 0.6) is 5.75 Å². The molecule has 0 unspecified atom stereocenters. The lowest BCUT2D eigenvalue weighted by Crippen LogP contribution is -2.30. The third-order valence-corrected chi connectivity index (χ3v) is 4.41. The van der Waals surface area contributed by atoms with Crippen LogP contribution >= 0.6 is 0 Å². The van der Waals surface area contributed by atoms with E-state index in [2.05, 4.69) is 5.32 Å². The summed E-state index contributed by atoms with van der Waals surface area (Å²) in [7, 11) is 0. The largest absolute Gasteiger partial charge is 0.489 e. The number of benzene rings is 3. The van der Waals surface area contributed by atoms with Gasteiger partial charge in [-0.3, -0.25) is 4.79 Å². The number of rotatable bonds is 9. The zero-order chi connectivity index (χ0) is 21.2. The van der Waals surface area contributed by atoms with Crippen molar-refractivity contribution in [3.05, 3.63) is 102 Å². The van der Waals surface area contributed by atoms with Crippen LogP contribution in [0.15, 0.2) is 84.9 Å². The van der Waals surface area contributed by atoms with Crippen molar-refractivity contribution in [2.75, 3.05) is 0 Å². The first-order valence-corrected chi connectivity index (χ1v) is 9.56. The molecule has 0 saturated carbocycles. The van der Waals surface area contributed by atoms with Crippen molar-refractivity contribution in [3.8, 4) is 5.75 Å². The van der Waals surface area contributed by atoms with E-state index in [4.69, 9.17) is 9.47 Å². The highest BCUT2D eigenvalue weighted by molar-refractivity contribution is 5.72. The Morgan fingerprint density at radius 3 is 1.93 bits per heavy atom. The Balaban J connectivity index is 1.58. The minimum absolute atomic E-state index is 0.110. The molecule has 2 N–H and O–H groups in total. The molecule has 6 heteroatoms. The SMILES string of the molecule is O=C(O)C[C@@H](NC(=O)OCc1ccccc1)c1ccc(OCc2ccccc2)cc1. The van der Waals surface area contributed by atoms with Crippen LogP contribution in [-0.4, -0.2) is 17.2 Å². The molecule has 3 rings (SSSR count). The predicted molar refractivity (Wildman–Crippen MR) is 112 cm³/mol. The molecule has 0 bridgehead atoms. The van der Waals surface area contributed by atoms with E-state index >= 15 is 0 Å². The van der Waals surface area contributed by atoms with Crippen LogP contribution in [0.1, 0.15) is 29.2 Å². The third-order valence-electron chi connectivity index (χ3n) is 4.41. The highest BCUT2D eigenvalue weighted by atomic mass is 16.5. The number of ether oxygens (including phenoxy) is 2. The zero-order valence-electron chi connectivity index (χ0n) is 16.4. The number of aliphatic carboxylic acids is 1. The molecule has 0 aliphatic heterocycles. The number of nitrogens with one attached hydrogen (secondary N) is 1. The molecule has 0 saturated heterocycles. The molecule has 0 aliphatic rings. The summed E-state index contributed by atoms with van der Waals surface area (Å²) in [5.41, 5.74) is 2.55. The molecule has 0 heterocycles. The van der Waals surface area contributed by atoms with Crippen molar-refractivity contribution < 1.29 is 24.2 Å². The predicted octanol–water partition coefficient (Wildman–Crippen LogP) is 4.71. The molecule has 0 aromatic heterocycles. The maximum absolute atomic E-state index is 12.2. The van der Waals surface area contributed by atoms with Crippen LogP contribution in [0, 0.1) is 0 Å². The van der Waals surface area contributed by atoms with Crippen LogP contribution in [0.3, 0.4) is 0 Å². The first-order valence-electron chi connectivity index (χ1n) is 9.56. The van der Waals surface area contributed by atoms with Crippen molar-refractivity contribution in [3.63, 3.8) is 0 Å². The van der Waals surface area contributed by atoms with Gasteiger partial charge in [-0.1, -0.05) is 72.8 Å². The highest BCUT2D eigenvalue weighted by Gasteiger charge is 2.19. The van der Waals surface area contributed by atoms with Gasteiger partial charge >= 0.3 is 12.1 Å². The van der Waals surface area contributed by atoms with Gasteiger partial charge in [-0.25, -0.2) is 4.79 Å². The second-order valence-electron chi connectivity index (χ2n) is 6.70. The van der Waals surface area contributed by atoms with Crippen LogP contribution in [0.4, 0.5) is 4.79 Å². The maximum atomic E-state index is 12.2. The van der Waals surface area contributed by atoms with Crippen molar-refractivity contribution in [2.45, 2.75) is 25.7 Å². The number of amides is 1. The molecule has 0 fully saturated rings. The van der Waals surface area contributed by atoms with E-state index in [-0.39, 0.29) is 13.0 Å². The molecule has 3 aromatic rings. The van der Waals surface area contributed by atoms with Gasteiger partial charge in [-0.15, -0.1) is 0 Å². The second kappa shape index (κ2) is 10.7. The minimum atomic E-state index is -1.02. The average molecular weight is 405 g/mol. The van der Waals surface area contributed by atoms with E-state index in [1.54, 1.807) is 24.3 Å². The topological polar surface area (TPSA) is 84.9 Å². The van der Waals surface area contributed by atoms with Gasteiger partial charge in [0.1, 0.15) is 19.0 Å². The molecule has 1 atom stereocenters. The quantitative estimate of drug-likeness (QED) is 0.539. The fourth-order valence-electron chi connectivity index (χ4n) is 2.87. The standard InChI is InChI=1S/C24H23NO5/c26-23(27)15-22(25-24(28)30-17-19-9-5-2-6-10-19)20-11-13-21(14-12-20)29-16-18-7-3-1-4-8-18/h1-14,22H,15-17H2,(H,25,28)(H,26,27)/t22-/m1/s1. The second-order valence-corrected chi connectivity index (χ2v) is 6.70. The van der Waals surface area contributed by atoms with Gasteiger partial charge in [-0.2, -0.15) is 0 Å². The van der Waals surface area contributed by atoms with Crippen molar-refractivity contribution in [1.29, 1.82) is 0 Å². The summed E-state index contributed by atoms with van der Waals surface area (Å²) in [5, 5.41) is 11.8. The van der Waals surface area contributed by atoms with E-state index in [9.17, 15) is 14.7 Å². The molecule has 1 amide bonds. The number of carbonyl (C=O) groups is 2. The van der Waals surface area contributed by atoms with Gasteiger partial charge in [0.15, 0.2) is 0 Å². The number of hydrogen-bond acceptors (Lipinski definition) is 4. The Kier molecular flexibility index (Phi) is 7.44. The smallest absolute Gasteiger partial charge is 0.407 e. The fourth-order valence-corrected chi connectivity index (χ4v) is 2.87. The van der Waals surface area contributed by atoms with Crippen LogP contribution in [-0.2, 0) is 22.7 Å². The number of hydrogen-bond donors (Lipinski definition) is 2. The van der Waals surface area contributed by atoms with Crippen LogP contribution in [0.2, 0.25) is 0 Å². The summed E-state index contributed by atoms with van der Waals surface area (Å²) in [6, 6.07) is 25.3. The number of carboxylic acid groups (broad SMARTS) is 1. The molecule has 0 radical (unpaired) electrons. The monoisotopic (exact) mass is 405 g/mol. The van der Waals surface area contributed by atoms with Crippen LogP contribution < -0.4 is 10.1 Å². The normalized spacial score (nSPS) is 11.3. The molecule has 154 valence electrons. The highest BCUT2D eigenvalue weighted by Crippen LogP contribution is 2.21. The molecule has 3 aromatic carbocycles. The fraction of sp³-hybridized carbons (Fsp3) is 0.167. The molecule has 0 aliphatic carbocycles. The first-order chi connectivity index (χ1) is 14.6. The van der Waals surface area contributed by atoms with E-state index in [1.165, 1.54) is 0 Å². The summed E-state index contributed by atoms with van der Waals surface area (Å²) < 4.78 is 11.0. The van der Waals surface area contributed by atoms with Crippen LogP contribution in [0.25, 0.3) is 0 Å². The lowest BCUT2D eigenvalue weighted by Gasteiger charge is -2.18. The molecule has 30 heavy (non-hydrogen) atoms. The van der Waals surface area contributed by atoms with E-state index in [1.807, 2.05) is 60.7 Å². The number of alkyl carbamates (subject to hydrolysis) is 1. The number of carboxylic acids is 1. The Morgan fingerprint density at radius 1 is 0.800 bits per heavy atom. The molecule has 6 nitrogen and oxygen atoms in total. The molecule has 0 spiro atoms. The summed E-state index contributed by atoms with van der Waals surface area (Å²) in [4.78, 5) is 23.4. The van der Waals surface area contributed by atoms with Crippen molar-refractivity contribution in [2.24, 2.45) is 0 Å². The van der Waals surface area contributed by atoms with E-state index in [0.717, 1.165) is 11.1 Å². The molecular formula is C24H23NO5. The Morgan fingerprint density at radius 2 is 1.37 bits per heavy atom. The van der Waals surface area contributed by atoms with E-state index < -0.39 is 18.1 Å². The summed E-state index contributed by atoms with van der Waals surface area (Å²) >= 11 is 0. The average Bonchev–Trinajstić information content (AvgIpc) is 2.77. The third kappa shape index (κ3) is 6.67. The molecular weight excluding hydrogens is 382 g/mol. The minimum Gasteiger partial charge on any atom is -0.489 e. The Hall–Kier alpha value is -3.80. The van der Waals surface area contributed by atoms with Gasteiger partial charge in [0.2, 0.25) is 0 Å². The maximum Gasteiger partial charge on any atom is 0.407 e. The Labute approximate surface area is 175 Å². The summed E-state index contributed by atoms with van der Waals surface area (Å²) in [6.07, 6.45) is -0.931. The van der Waals surface area contributed by atoms with Gasteiger partial charge in [0.25, 0.3) is 0 Å². The van der Waals surface area contributed by atoms with E-state index in [0.29, 0.717) is 17.9 Å². The lowest BCUT2D eigenvalue weighted by atomic mass is 10.0. The van der Waals surface area contributed by atoms with Gasteiger partial charge in [0.05, 0.1) is 12.5 Å². The van der Waals surface area contributed by atoms with Gasteiger partial charge in [-0.05, 0) is 28.8 Å². The Bertz CT molecular complexity index is 942. The zero-order valence-corrected chi connectivity index (χ0v) is 16.4. The number of carbonyl (C=O) groups excluding carboxylic acids is 1.